The molecule has 2 aromatic carbocycles. The van der Waals surface area contributed by atoms with Crippen LogP contribution in [0.2, 0.25) is 5.02 Å². The highest BCUT2D eigenvalue weighted by molar-refractivity contribution is 6.30. The number of nitrogens with zero attached hydrogens (tertiary/aromatic N) is 1. The number of guanidine groups is 1. The highest BCUT2D eigenvalue weighted by Gasteiger charge is 2.25. The Morgan fingerprint density at radius 2 is 1.58 bits per heavy atom. The second-order valence-corrected chi connectivity index (χ2v) is 9.94. The van der Waals surface area contributed by atoms with Crippen molar-refractivity contribution in [3.05, 3.63) is 64.7 Å². The Morgan fingerprint density at radius 3 is 2.22 bits per heavy atom. The maximum absolute atomic E-state index is 13.1. The Morgan fingerprint density at radius 1 is 0.944 bits per heavy atom. The molecule has 0 aromatic heterocycles. The van der Waals surface area contributed by atoms with Crippen molar-refractivity contribution in [1.29, 1.82) is 0 Å². The van der Waals surface area contributed by atoms with E-state index in [9.17, 15) is 9.59 Å². The van der Waals surface area contributed by atoms with Gasteiger partial charge in [-0.2, -0.15) is 0 Å². The number of amides is 2. The van der Waals surface area contributed by atoms with Gasteiger partial charge in [-0.15, -0.1) is 0 Å². The third-order valence-corrected chi connectivity index (χ3v) is 6.84. The number of carbonyl (C=O) groups is 2. The van der Waals surface area contributed by atoms with E-state index in [2.05, 4.69) is 15.6 Å². The van der Waals surface area contributed by atoms with Crippen LogP contribution in [0, 0.1) is 5.92 Å². The van der Waals surface area contributed by atoms with E-state index in [1.807, 2.05) is 24.3 Å². The van der Waals surface area contributed by atoms with Gasteiger partial charge in [-0.25, -0.2) is 4.99 Å². The standard InChI is InChI=1S/C27H37ClN6O2/c28-21-11-6-20(7-12-21)17-32-26(36)24(15-10-18-4-2-1-3-5-18)34-25(35)23(29)16-19-8-13-22(14-9-19)33-27(30)31/h6-9,11-14,18,23-24H,1-5,10,15-17,29H2,(H,32,36)(H,34,35)(H4,30,31,33)/t23-,24-/m0/s1. The molecule has 0 heterocycles. The molecule has 0 saturated heterocycles. The Balaban J connectivity index is 1.59. The van der Waals surface area contributed by atoms with Crippen molar-refractivity contribution in [3.63, 3.8) is 0 Å². The molecule has 0 spiro atoms. The van der Waals surface area contributed by atoms with Crippen molar-refractivity contribution in [2.45, 2.75) is 70.0 Å². The molecule has 1 saturated carbocycles. The van der Waals surface area contributed by atoms with Gasteiger partial charge in [0.1, 0.15) is 6.04 Å². The topological polar surface area (TPSA) is 149 Å². The molecular formula is C27H37ClN6O2. The van der Waals surface area contributed by atoms with Crippen LogP contribution in [0.25, 0.3) is 0 Å². The molecule has 0 bridgehead atoms. The van der Waals surface area contributed by atoms with Gasteiger partial charge >= 0.3 is 0 Å². The van der Waals surface area contributed by atoms with E-state index in [-0.39, 0.29) is 17.8 Å². The van der Waals surface area contributed by atoms with Gasteiger partial charge in [-0.3, -0.25) is 9.59 Å². The van der Waals surface area contributed by atoms with Crippen molar-refractivity contribution < 1.29 is 9.59 Å². The van der Waals surface area contributed by atoms with Crippen molar-refractivity contribution in [3.8, 4) is 0 Å². The number of nitrogens with two attached hydrogens (primary N) is 3. The van der Waals surface area contributed by atoms with Crippen LogP contribution in [0.15, 0.2) is 53.5 Å². The first-order chi connectivity index (χ1) is 17.3. The fourth-order valence-electron chi connectivity index (χ4n) is 4.54. The highest BCUT2D eigenvalue weighted by Crippen LogP contribution is 2.27. The van der Waals surface area contributed by atoms with Crippen LogP contribution in [-0.2, 0) is 22.6 Å². The minimum absolute atomic E-state index is 0.0209. The van der Waals surface area contributed by atoms with E-state index < -0.39 is 12.1 Å². The van der Waals surface area contributed by atoms with Crippen LogP contribution < -0.4 is 27.8 Å². The summed E-state index contributed by atoms with van der Waals surface area (Å²) in [4.78, 5) is 30.0. The second kappa shape index (κ2) is 13.8. The fraction of sp³-hybridized carbons (Fsp3) is 0.444. The van der Waals surface area contributed by atoms with Crippen LogP contribution in [0.5, 0.6) is 0 Å². The van der Waals surface area contributed by atoms with E-state index in [4.69, 9.17) is 28.8 Å². The zero-order valence-electron chi connectivity index (χ0n) is 20.6. The van der Waals surface area contributed by atoms with Crippen molar-refractivity contribution >= 4 is 35.1 Å². The van der Waals surface area contributed by atoms with Crippen LogP contribution in [0.3, 0.4) is 0 Å². The molecule has 0 unspecified atom stereocenters. The summed E-state index contributed by atoms with van der Waals surface area (Å²) < 4.78 is 0. The lowest BCUT2D eigenvalue weighted by Crippen LogP contribution is -2.52. The molecule has 8 nitrogen and oxygen atoms in total. The van der Waals surface area contributed by atoms with E-state index >= 15 is 0 Å². The number of rotatable bonds is 11. The summed E-state index contributed by atoms with van der Waals surface area (Å²) in [6, 6.07) is 13.1. The fourth-order valence-corrected chi connectivity index (χ4v) is 4.67. The molecule has 2 aromatic rings. The molecule has 8 N–H and O–H groups in total. The first-order valence-electron chi connectivity index (χ1n) is 12.6. The molecule has 9 heteroatoms. The van der Waals surface area contributed by atoms with Crippen LogP contribution in [0.4, 0.5) is 5.69 Å². The normalized spacial score (nSPS) is 15.5. The predicted octanol–water partition coefficient (Wildman–Crippen LogP) is 3.28. The first kappa shape index (κ1) is 27.5. The minimum atomic E-state index is -0.792. The van der Waals surface area contributed by atoms with Gasteiger partial charge in [-0.05, 0) is 60.6 Å². The largest absolute Gasteiger partial charge is 0.370 e. The summed E-state index contributed by atoms with van der Waals surface area (Å²) in [7, 11) is 0. The molecule has 2 amide bonds. The number of benzene rings is 2. The first-order valence-corrected chi connectivity index (χ1v) is 12.9. The average Bonchev–Trinajstić information content (AvgIpc) is 2.87. The summed E-state index contributed by atoms with van der Waals surface area (Å²) >= 11 is 5.95. The quantitative estimate of drug-likeness (QED) is 0.231. The van der Waals surface area contributed by atoms with Crippen LogP contribution in [0.1, 0.15) is 56.1 Å². The van der Waals surface area contributed by atoms with Gasteiger partial charge in [0.15, 0.2) is 5.96 Å². The molecule has 0 radical (unpaired) electrons. The van der Waals surface area contributed by atoms with E-state index in [0.29, 0.717) is 36.0 Å². The Bertz CT molecular complexity index is 1020. The van der Waals surface area contributed by atoms with Gasteiger partial charge in [0.05, 0.1) is 11.7 Å². The summed E-state index contributed by atoms with van der Waals surface area (Å²) in [5.74, 6) is 0.0218. The van der Waals surface area contributed by atoms with Crippen molar-refractivity contribution in [2.75, 3.05) is 0 Å². The van der Waals surface area contributed by atoms with E-state index in [1.165, 1.54) is 32.1 Å². The zero-order valence-corrected chi connectivity index (χ0v) is 21.3. The number of hydrogen-bond acceptors (Lipinski definition) is 4. The average molecular weight is 513 g/mol. The molecule has 1 aliphatic carbocycles. The van der Waals surface area contributed by atoms with Crippen LogP contribution in [-0.4, -0.2) is 29.9 Å². The van der Waals surface area contributed by atoms with Crippen LogP contribution >= 0.6 is 11.6 Å². The van der Waals surface area contributed by atoms with Gasteiger partial charge in [0.2, 0.25) is 11.8 Å². The van der Waals surface area contributed by atoms with Crippen molar-refractivity contribution in [2.24, 2.45) is 28.1 Å². The van der Waals surface area contributed by atoms with E-state index in [0.717, 1.165) is 17.5 Å². The summed E-state index contributed by atoms with van der Waals surface area (Å²) in [6.07, 6.45) is 7.93. The zero-order chi connectivity index (χ0) is 25.9. The van der Waals surface area contributed by atoms with Gasteiger partial charge in [0, 0.05) is 11.6 Å². The lowest BCUT2D eigenvalue weighted by Gasteiger charge is -2.25. The molecule has 2 atom stereocenters. The smallest absolute Gasteiger partial charge is 0.242 e. The Kier molecular flexibility index (Phi) is 10.6. The molecular weight excluding hydrogens is 476 g/mol. The number of hydrogen-bond donors (Lipinski definition) is 5. The minimum Gasteiger partial charge on any atom is -0.370 e. The molecule has 1 fully saturated rings. The number of aliphatic imine (C=N–C) groups is 1. The van der Waals surface area contributed by atoms with Gasteiger partial charge in [0.25, 0.3) is 0 Å². The highest BCUT2D eigenvalue weighted by atomic mass is 35.5. The second-order valence-electron chi connectivity index (χ2n) is 9.50. The summed E-state index contributed by atoms with van der Waals surface area (Å²) in [6.45, 7) is 0.361. The Hall–Kier alpha value is -3.10. The molecule has 36 heavy (non-hydrogen) atoms. The van der Waals surface area contributed by atoms with E-state index in [1.54, 1.807) is 24.3 Å². The molecule has 3 rings (SSSR count). The number of carbonyl (C=O) groups excluding carboxylic acids is 2. The third-order valence-electron chi connectivity index (χ3n) is 6.59. The molecule has 194 valence electrons. The number of nitrogens with one attached hydrogen (secondary N) is 2. The SMILES string of the molecule is NC(N)=Nc1ccc(C[C@H](N)C(=O)N[C@@H](CCC2CCCCC2)C(=O)NCc2ccc(Cl)cc2)cc1. The number of halogens is 1. The lowest BCUT2D eigenvalue weighted by atomic mass is 9.85. The van der Waals surface area contributed by atoms with Gasteiger partial charge in [-0.1, -0.05) is 68.0 Å². The van der Waals surface area contributed by atoms with Gasteiger partial charge < -0.3 is 27.8 Å². The summed E-state index contributed by atoms with van der Waals surface area (Å²) in [5.41, 5.74) is 19.4. The summed E-state index contributed by atoms with van der Waals surface area (Å²) in [5, 5.41) is 6.50. The maximum atomic E-state index is 13.1. The predicted molar refractivity (Wildman–Crippen MR) is 145 cm³/mol. The Labute approximate surface area is 218 Å². The molecule has 0 aliphatic heterocycles. The molecule has 1 aliphatic rings. The monoisotopic (exact) mass is 512 g/mol. The third kappa shape index (κ3) is 9.17. The lowest BCUT2D eigenvalue weighted by molar-refractivity contribution is -0.130. The van der Waals surface area contributed by atoms with Crippen molar-refractivity contribution in [1.82, 2.24) is 10.6 Å². The maximum Gasteiger partial charge on any atom is 0.242 e.